The number of benzene rings is 2. The Balaban J connectivity index is 0.000000384. The average molecular weight is 505 g/mol. The van der Waals surface area contributed by atoms with Gasteiger partial charge in [-0.2, -0.15) is 13.2 Å². The van der Waals surface area contributed by atoms with E-state index in [0.717, 1.165) is 51.5 Å². The standard InChI is InChI=1S/C24H26N2O3.C2HF3O2/c1-27-15-9-8-14-10-21(25-20(14)11-15)24-18-13-23(29-3)22(28-2)12-17(18)16-6-4-5-7-19(16)26-24;3-2(4,5)1(6)7/h8-13,16,19,25H,4-7H2,1-3H3;(H,6,7)/t16-,19-;/m1./s1. The third-order valence-corrected chi connectivity index (χ3v) is 6.56. The Morgan fingerprint density at radius 3 is 2.31 bits per heavy atom. The molecular weight excluding hydrogens is 477 g/mol. The van der Waals surface area contributed by atoms with Crippen LogP contribution in [0, 0.1) is 0 Å². The number of nitrogens with one attached hydrogen (secondary N) is 1. The Morgan fingerprint density at radius 1 is 1.00 bits per heavy atom. The highest BCUT2D eigenvalue weighted by Gasteiger charge is 2.38. The lowest BCUT2D eigenvalue weighted by molar-refractivity contribution is -0.192. The molecule has 5 rings (SSSR count). The lowest BCUT2D eigenvalue weighted by Crippen LogP contribution is -2.29. The predicted octanol–water partition coefficient (Wildman–Crippen LogP) is 5.70. The van der Waals surface area contributed by atoms with E-state index in [2.05, 4.69) is 29.2 Å². The van der Waals surface area contributed by atoms with Crippen molar-refractivity contribution in [1.29, 1.82) is 0 Å². The molecule has 7 nitrogen and oxygen atoms in total. The van der Waals surface area contributed by atoms with Crippen LogP contribution in [0.1, 0.15) is 48.4 Å². The van der Waals surface area contributed by atoms with Crippen LogP contribution in [0.25, 0.3) is 10.9 Å². The van der Waals surface area contributed by atoms with E-state index < -0.39 is 12.1 Å². The molecule has 0 bridgehead atoms. The van der Waals surface area contributed by atoms with Crippen LogP contribution < -0.4 is 14.2 Å². The molecule has 0 amide bonds. The first kappa shape index (κ1) is 25.4. The number of hydrogen-bond donors (Lipinski definition) is 2. The molecule has 0 saturated heterocycles. The summed E-state index contributed by atoms with van der Waals surface area (Å²) in [5.74, 6) is 0.0686. The molecule has 3 aromatic rings. The van der Waals surface area contributed by atoms with Gasteiger partial charge < -0.3 is 24.3 Å². The number of aromatic nitrogens is 1. The van der Waals surface area contributed by atoms with E-state index in [1.807, 2.05) is 12.1 Å². The molecule has 192 valence electrons. The molecular formula is C26H27F3N2O5. The first-order valence-electron chi connectivity index (χ1n) is 11.5. The summed E-state index contributed by atoms with van der Waals surface area (Å²) in [5, 5.41) is 8.27. The summed E-state index contributed by atoms with van der Waals surface area (Å²) >= 11 is 0. The van der Waals surface area contributed by atoms with E-state index in [0.29, 0.717) is 12.0 Å². The van der Waals surface area contributed by atoms with E-state index in [1.165, 1.54) is 24.8 Å². The number of H-pyrrole nitrogens is 1. The van der Waals surface area contributed by atoms with Gasteiger partial charge >= 0.3 is 12.1 Å². The van der Waals surface area contributed by atoms with Gasteiger partial charge in [0, 0.05) is 28.5 Å². The molecule has 2 aromatic carbocycles. The quantitative estimate of drug-likeness (QED) is 0.475. The smallest absolute Gasteiger partial charge is 0.490 e. The molecule has 36 heavy (non-hydrogen) atoms. The highest BCUT2D eigenvalue weighted by molar-refractivity contribution is 6.15. The Morgan fingerprint density at radius 2 is 1.67 bits per heavy atom. The maximum Gasteiger partial charge on any atom is 0.490 e. The number of ether oxygens (including phenoxy) is 3. The zero-order chi connectivity index (χ0) is 26.0. The molecule has 1 aromatic heterocycles. The lowest BCUT2D eigenvalue weighted by atomic mass is 9.75. The van der Waals surface area contributed by atoms with Gasteiger partial charge in [0.1, 0.15) is 5.75 Å². The topological polar surface area (TPSA) is 93.1 Å². The molecule has 1 fully saturated rings. The van der Waals surface area contributed by atoms with Gasteiger partial charge in [0.05, 0.1) is 38.8 Å². The number of methoxy groups -OCH3 is 3. The van der Waals surface area contributed by atoms with Crippen LogP contribution in [0.4, 0.5) is 13.2 Å². The fraction of sp³-hybridized carbons (Fsp3) is 0.385. The van der Waals surface area contributed by atoms with Crippen LogP contribution in [0.2, 0.25) is 0 Å². The monoisotopic (exact) mass is 504 g/mol. The molecule has 1 saturated carbocycles. The second kappa shape index (κ2) is 10.1. The first-order chi connectivity index (χ1) is 17.2. The van der Waals surface area contributed by atoms with Crippen molar-refractivity contribution >= 4 is 22.6 Å². The van der Waals surface area contributed by atoms with E-state index >= 15 is 0 Å². The van der Waals surface area contributed by atoms with E-state index in [4.69, 9.17) is 29.1 Å². The Kier molecular flexibility index (Phi) is 7.14. The second-order valence-corrected chi connectivity index (χ2v) is 8.67. The largest absolute Gasteiger partial charge is 0.497 e. The predicted molar refractivity (Wildman–Crippen MR) is 129 cm³/mol. The van der Waals surface area contributed by atoms with Crippen LogP contribution in [-0.4, -0.2) is 55.3 Å². The molecule has 2 aliphatic rings. The number of halogens is 3. The number of carboxylic acids is 1. The van der Waals surface area contributed by atoms with Crippen molar-refractivity contribution in [1.82, 2.24) is 4.98 Å². The van der Waals surface area contributed by atoms with E-state index in [1.54, 1.807) is 21.3 Å². The zero-order valence-electron chi connectivity index (χ0n) is 20.1. The Hall–Kier alpha value is -3.69. The summed E-state index contributed by atoms with van der Waals surface area (Å²) in [4.78, 5) is 17.7. The minimum atomic E-state index is -5.08. The molecule has 2 atom stereocenters. The van der Waals surface area contributed by atoms with Crippen LogP contribution in [0.5, 0.6) is 17.2 Å². The van der Waals surface area contributed by atoms with Crippen LogP contribution in [0.3, 0.4) is 0 Å². The van der Waals surface area contributed by atoms with Crippen molar-refractivity contribution in [2.24, 2.45) is 4.99 Å². The van der Waals surface area contributed by atoms with E-state index in [-0.39, 0.29) is 0 Å². The number of fused-ring (bicyclic) bond motifs is 4. The summed E-state index contributed by atoms with van der Waals surface area (Å²) in [6.45, 7) is 0. The molecule has 0 unspecified atom stereocenters. The Bertz CT molecular complexity index is 1300. The van der Waals surface area contributed by atoms with Gasteiger partial charge in [-0.25, -0.2) is 4.79 Å². The van der Waals surface area contributed by atoms with Gasteiger partial charge in [-0.3, -0.25) is 4.99 Å². The Labute approximate surface area is 205 Å². The normalized spacial score (nSPS) is 18.8. The van der Waals surface area contributed by atoms with Gasteiger partial charge in [-0.1, -0.05) is 12.8 Å². The summed E-state index contributed by atoms with van der Waals surface area (Å²) in [7, 11) is 5.07. The zero-order valence-corrected chi connectivity index (χ0v) is 20.1. The molecule has 1 aliphatic carbocycles. The number of aliphatic carboxylic acids is 1. The van der Waals surface area contributed by atoms with Crippen LogP contribution in [0.15, 0.2) is 41.4 Å². The molecule has 1 aliphatic heterocycles. The maximum atomic E-state index is 10.6. The van der Waals surface area contributed by atoms with Crippen molar-refractivity contribution in [3.63, 3.8) is 0 Å². The number of hydrogen-bond acceptors (Lipinski definition) is 5. The van der Waals surface area contributed by atoms with Gasteiger partial charge in [0.2, 0.25) is 0 Å². The number of alkyl halides is 3. The molecule has 2 heterocycles. The summed E-state index contributed by atoms with van der Waals surface area (Å²) in [6.07, 6.45) is -0.277. The van der Waals surface area contributed by atoms with Crippen molar-refractivity contribution in [3.8, 4) is 17.2 Å². The summed E-state index contributed by atoms with van der Waals surface area (Å²) < 4.78 is 48.3. The van der Waals surface area contributed by atoms with Gasteiger partial charge in [0.25, 0.3) is 0 Å². The van der Waals surface area contributed by atoms with Crippen LogP contribution in [-0.2, 0) is 4.79 Å². The van der Waals surface area contributed by atoms with Crippen LogP contribution >= 0.6 is 0 Å². The van der Waals surface area contributed by atoms with Gasteiger partial charge in [-0.05, 0) is 48.7 Å². The van der Waals surface area contributed by atoms with Crippen molar-refractivity contribution in [2.75, 3.05) is 21.3 Å². The highest BCUT2D eigenvalue weighted by atomic mass is 19.4. The second-order valence-electron chi connectivity index (χ2n) is 8.67. The summed E-state index contributed by atoms with van der Waals surface area (Å²) in [6, 6.07) is 12.9. The fourth-order valence-corrected chi connectivity index (χ4v) is 4.85. The third kappa shape index (κ3) is 4.98. The number of aliphatic imine (C=N–C) groups is 1. The van der Waals surface area contributed by atoms with Crippen molar-refractivity contribution < 1.29 is 37.3 Å². The number of carboxylic acid groups (broad SMARTS) is 1. The minimum Gasteiger partial charge on any atom is -0.497 e. The maximum absolute atomic E-state index is 10.6. The number of aromatic amines is 1. The lowest BCUT2D eigenvalue weighted by Gasteiger charge is -2.35. The summed E-state index contributed by atoms with van der Waals surface area (Å²) in [5.41, 5.74) is 5.57. The SMILES string of the molecule is COc1ccc2cc(C3=N[C@@H]4CCCC[C@@H]4c4cc(OC)c(OC)cc43)[nH]c2c1.O=C(O)C(F)(F)F. The number of carbonyl (C=O) groups is 1. The molecule has 0 spiro atoms. The van der Waals surface area contributed by atoms with E-state index in [9.17, 15) is 13.2 Å². The number of rotatable bonds is 4. The fourth-order valence-electron chi connectivity index (χ4n) is 4.85. The van der Waals surface area contributed by atoms with Gasteiger partial charge in [-0.15, -0.1) is 0 Å². The molecule has 10 heteroatoms. The van der Waals surface area contributed by atoms with Crippen molar-refractivity contribution in [3.05, 3.63) is 53.2 Å². The average Bonchev–Trinajstić information content (AvgIpc) is 3.30. The first-order valence-corrected chi connectivity index (χ1v) is 11.5. The molecule has 0 radical (unpaired) electrons. The highest BCUT2D eigenvalue weighted by Crippen LogP contribution is 2.44. The third-order valence-electron chi connectivity index (χ3n) is 6.56. The van der Waals surface area contributed by atoms with Crippen molar-refractivity contribution in [2.45, 2.75) is 43.8 Å². The molecule has 2 N–H and O–H groups in total. The number of nitrogens with zero attached hydrogens (tertiary/aromatic N) is 1. The van der Waals surface area contributed by atoms with Gasteiger partial charge in [0.15, 0.2) is 11.5 Å². The minimum absolute atomic E-state index is 0.324.